The quantitative estimate of drug-likeness (QED) is 0.305. The summed E-state index contributed by atoms with van der Waals surface area (Å²) in [6, 6.07) is -2.47. The number of piperidine rings is 1. The van der Waals surface area contributed by atoms with Crippen LogP contribution in [0.4, 0.5) is 4.79 Å². The van der Waals surface area contributed by atoms with Crippen molar-refractivity contribution < 1.29 is 27.9 Å². The van der Waals surface area contributed by atoms with E-state index in [9.17, 15) is 27.9 Å². The first-order valence-corrected chi connectivity index (χ1v) is 17.8. The summed E-state index contributed by atoms with van der Waals surface area (Å²) in [4.78, 5) is 42.6. The Bertz CT molecular complexity index is 1280. The number of hydrogen-bond acceptors (Lipinski definition) is 6. The molecule has 2 aliphatic heterocycles. The van der Waals surface area contributed by atoms with Gasteiger partial charge in [-0.05, 0) is 41.4 Å². The Morgan fingerprint density at radius 3 is 2.34 bits per heavy atom. The maximum Gasteiger partial charge on any atom is 0.315 e. The van der Waals surface area contributed by atoms with Crippen molar-refractivity contribution in [3.8, 4) is 0 Å². The maximum atomic E-state index is 14.1. The van der Waals surface area contributed by atoms with Crippen molar-refractivity contribution in [3.05, 3.63) is 24.3 Å². The van der Waals surface area contributed by atoms with Crippen LogP contribution in [-0.2, 0) is 19.6 Å². The van der Waals surface area contributed by atoms with Gasteiger partial charge in [-0.25, -0.2) is 13.2 Å². The van der Waals surface area contributed by atoms with Gasteiger partial charge in [0.25, 0.3) is 0 Å². The molecule has 0 spiro atoms. The summed E-state index contributed by atoms with van der Waals surface area (Å²) in [5.74, 6) is -0.346. The molecule has 7 atom stereocenters. The van der Waals surface area contributed by atoms with Gasteiger partial charge in [-0.2, -0.15) is 4.31 Å². The molecule has 0 aromatic heterocycles. The molecule has 0 aromatic carbocycles. The molecule has 12 heteroatoms. The number of carbonyl (C=O) groups is 3. The molecule has 3 aliphatic carbocycles. The van der Waals surface area contributed by atoms with Gasteiger partial charge in [0.2, 0.25) is 21.8 Å². The molecule has 5 aliphatic rings. The van der Waals surface area contributed by atoms with E-state index in [2.05, 4.69) is 29.8 Å². The Morgan fingerprint density at radius 2 is 1.70 bits per heavy atom. The minimum atomic E-state index is -3.55. The largest absolute Gasteiger partial charge is 0.395 e. The fraction of sp³-hybridized carbons (Fsp3) is 0.781. The van der Waals surface area contributed by atoms with E-state index >= 15 is 0 Å². The van der Waals surface area contributed by atoms with E-state index < -0.39 is 44.8 Å². The maximum absolute atomic E-state index is 14.1. The molecule has 11 nitrogen and oxygen atoms in total. The van der Waals surface area contributed by atoms with Gasteiger partial charge >= 0.3 is 6.03 Å². The van der Waals surface area contributed by atoms with Gasteiger partial charge in [0.05, 0.1) is 6.61 Å². The van der Waals surface area contributed by atoms with Crippen LogP contribution in [0.25, 0.3) is 0 Å². The van der Waals surface area contributed by atoms with E-state index in [1.54, 1.807) is 17.1 Å². The number of sulfonamides is 1. The predicted molar refractivity (Wildman–Crippen MR) is 168 cm³/mol. The second-order valence-corrected chi connectivity index (χ2v) is 17.2. The Labute approximate surface area is 262 Å². The first-order chi connectivity index (χ1) is 20.7. The molecule has 2 saturated heterocycles. The molecule has 0 aromatic rings. The Hall–Kier alpha value is -2.44. The first-order valence-electron chi connectivity index (χ1n) is 16.3. The SMILES string of the molecule is CC(C)(C)[C@H](NC(=O)N[C@H](CN1CC2C=CC=CC2S1(=O)=O)C1CCCCC1)C(=O)N1C[C@H]2[C@@H]([C@H]1C(=O)NCCO)C2(C)C. The predicted octanol–water partition coefficient (Wildman–Crippen LogP) is 2.00. The van der Waals surface area contributed by atoms with Gasteiger partial charge in [-0.1, -0.05) is 78.2 Å². The second kappa shape index (κ2) is 12.4. The van der Waals surface area contributed by atoms with Crippen molar-refractivity contribution in [2.24, 2.45) is 34.5 Å². The third-order valence-corrected chi connectivity index (χ3v) is 13.0. The third-order valence-electron chi connectivity index (χ3n) is 10.8. The highest BCUT2D eigenvalue weighted by atomic mass is 32.2. The number of aliphatic hydroxyl groups excluding tert-OH is 1. The number of nitrogens with one attached hydrogen (secondary N) is 3. The fourth-order valence-electron chi connectivity index (χ4n) is 8.13. The summed E-state index contributed by atoms with van der Waals surface area (Å²) in [7, 11) is -3.55. The summed E-state index contributed by atoms with van der Waals surface area (Å²) in [6.07, 6.45) is 12.4. The molecule has 44 heavy (non-hydrogen) atoms. The molecular weight excluding hydrogens is 582 g/mol. The van der Waals surface area contributed by atoms with Gasteiger partial charge in [-0.3, -0.25) is 9.59 Å². The number of carbonyl (C=O) groups excluding carboxylic acids is 3. The summed E-state index contributed by atoms with van der Waals surface area (Å²) >= 11 is 0. The first kappa shape index (κ1) is 32.9. The Kier molecular flexibility index (Phi) is 9.28. The van der Waals surface area contributed by atoms with Crippen LogP contribution in [-0.4, -0.2) is 96.7 Å². The lowest BCUT2D eigenvalue weighted by molar-refractivity contribution is -0.143. The number of rotatable bonds is 9. The van der Waals surface area contributed by atoms with Crippen molar-refractivity contribution in [2.45, 2.75) is 90.1 Å². The van der Waals surface area contributed by atoms with Gasteiger partial charge < -0.3 is 26.0 Å². The zero-order valence-corrected chi connectivity index (χ0v) is 27.6. The lowest BCUT2D eigenvalue weighted by Crippen LogP contribution is -2.62. The van der Waals surface area contributed by atoms with Crippen LogP contribution in [0.15, 0.2) is 24.3 Å². The number of urea groups is 1. The zero-order chi connectivity index (χ0) is 32.0. The number of nitrogens with zero attached hydrogens (tertiary/aromatic N) is 2. The molecule has 0 radical (unpaired) electrons. The highest BCUT2D eigenvalue weighted by Crippen LogP contribution is 2.65. The molecule has 5 rings (SSSR count). The van der Waals surface area contributed by atoms with E-state index in [0.717, 1.165) is 32.1 Å². The highest BCUT2D eigenvalue weighted by Gasteiger charge is 2.69. The topological polar surface area (TPSA) is 148 Å². The molecule has 0 bridgehead atoms. The van der Waals surface area contributed by atoms with E-state index in [-0.39, 0.29) is 60.6 Å². The Morgan fingerprint density at radius 1 is 1.02 bits per heavy atom. The number of amides is 4. The summed E-state index contributed by atoms with van der Waals surface area (Å²) in [5, 5.41) is 17.5. The van der Waals surface area contributed by atoms with Crippen LogP contribution >= 0.6 is 0 Å². The summed E-state index contributed by atoms with van der Waals surface area (Å²) in [6.45, 7) is 10.8. The van der Waals surface area contributed by atoms with Crippen LogP contribution < -0.4 is 16.0 Å². The zero-order valence-electron chi connectivity index (χ0n) is 26.8. The van der Waals surface area contributed by atoms with Crippen LogP contribution in [0, 0.1) is 34.5 Å². The van der Waals surface area contributed by atoms with Crippen molar-refractivity contribution in [2.75, 3.05) is 32.8 Å². The van der Waals surface area contributed by atoms with Gasteiger partial charge in [0, 0.05) is 38.1 Å². The number of fused-ring (bicyclic) bond motifs is 2. The van der Waals surface area contributed by atoms with E-state index in [4.69, 9.17) is 0 Å². The number of likely N-dealkylation sites (tertiary alicyclic amines) is 1. The van der Waals surface area contributed by atoms with Gasteiger partial charge in [-0.15, -0.1) is 0 Å². The molecule has 246 valence electrons. The van der Waals surface area contributed by atoms with E-state index in [1.165, 1.54) is 4.31 Å². The molecule has 2 saturated carbocycles. The molecule has 2 unspecified atom stereocenters. The average Bonchev–Trinajstić information content (AvgIpc) is 3.25. The van der Waals surface area contributed by atoms with Crippen molar-refractivity contribution in [3.63, 3.8) is 0 Å². The van der Waals surface area contributed by atoms with Crippen molar-refractivity contribution in [1.82, 2.24) is 25.2 Å². The van der Waals surface area contributed by atoms with E-state index in [0.29, 0.717) is 13.1 Å². The van der Waals surface area contributed by atoms with Crippen LogP contribution in [0.3, 0.4) is 0 Å². The minimum Gasteiger partial charge on any atom is -0.395 e. The molecular formula is C32H51N5O6S. The average molecular weight is 634 g/mol. The molecule has 4 N–H and O–H groups in total. The standard InChI is InChI=1S/C32H51N5O6S/c1-31(2,3)27(29(40)37-18-22-25(32(22,4)5)26(37)28(39)33-15-16-38)35-30(41)34-23(20-11-7-6-8-12-20)19-36-17-21-13-9-10-14-24(21)44(36,42)43/h9-10,13-14,20-27,38H,6-8,11-12,15-19H2,1-5H3,(H,33,39)(H2,34,35,41)/t21?,22-,23+,24?,25-,26-,27+/m0/s1. The number of aliphatic hydroxyl groups is 1. The molecule has 4 amide bonds. The number of hydrogen-bond donors (Lipinski definition) is 4. The summed E-state index contributed by atoms with van der Waals surface area (Å²) in [5.41, 5.74) is -0.720. The van der Waals surface area contributed by atoms with Crippen LogP contribution in [0.1, 0.15) is 66.7 Å². The monoisotopic (exact) mass is 633 g/mol. The molecule has 4 fully saturated rings. The lowest BCUT2D eigenvalue weighted by atomic mass is 9.83. The smallest absolute Gasteiger partial charge is 0.315 e. The van der Waals surface area contributed by atoms with Crippen LogP contribution in [0.2, 0.25) is 0 Å². The Balaban J connectivity index is 1.32. The third kappa shape index (κ3) is 6.31. The van der Waals surface area contributed by atoms with Gasteiger partial charge in [0.1, 0.15) is 17.3 Å². The van der Waals surface area contributed by atoms with Gasteiger partial charge in [0.15, 0.2) is 0 Å². The second-order valence-electron chi connectivity index (χ2n) is 15.1. The van der Waals surface area contributed by atoms with Crippen LogP contribution in [0.5, 0.6) is 0 Å². The minimum absolute atomic E-state index is 0.0195. The van der Waals surface area contributed by atoms with Crippen molar-refractivity contribution >= 4 is 27.9 Å². The lowest BCUT2D eigenvalue weighted by Gasteiger charge is -2.38. The molecule has 2 heterocycles. The normalized spacial score (nSPS) is 32.0. The fourth-order valence-corrected chi connectivity index (χ4v) is 10.1. The summed E-state index contributed by atoms with van der Waals surface area (Å²) < 4.78 is 28.4. The number of allylic oxidation sites excluding steroid dienone is 2. The van der Waals surface area contributed by atoms with E-state index in [1.807, 2.05) is 32.9 Å². The van der Waals surface area contributed by atoms with Crippen molar-refractivity contribution in [1.29, 1.82) is 0 Å². The highest BCUT2D eigenvalue weighted by molar-refractivity contribution is 7.90.